The lowest BCUT2D eigenvalue weighted by Gasteiger charge is -2.27. The second kappa shape index (κ2) is 7.57. The van der Waals surface area contributed by atoms with Crippen molar-refractivity contribution in [1.29, 1.82) is 0 Å². The molecule has 4 N–H and O–H groups in total. The van der Waals surface area contributed by atoms with E-state index in [0.717, 1.165) is 12.8 Å². The summed E-state index contributed by atoms with van der Waals surface area (Å²) in [6.45, 7) is 3.87. The molecule has 1 spiro atoms. The van der Waals surface area contributed by atoms with Crippen molar-refractivity contribution >= 4 is 24.6 Å². The fourth-order valence-electron chi connectivity index (χ4n) is 4.40. The van der Waals surface area contributed by atoms with Gasteiger partial charge in [-0.3, -0.25) is 4.57 Å². The van der Waals surface area contributed by atoms with Crippen LogP contribution < -0.4 is 5.73 Å². The van der Waals surface area contributed by atoms with Gasteiger partial charge in [0, 0.05) is 5.41 Å². The van der Waals surface area contributed by atoms with Gasteiger partial charge in [0.2, 0.25) is 0 Å². The predicted molar refractivity (Wildman–Crippen MR) is 103 cm³/mol. The Bertz CT molecular complexity index is 924. The third-order valence-corrected chi connectivity index (χ3v) is 7.49. The molecule has 12 heteroatoms. The van der Waals surface area contributed by atoms with Gasteiger partial charge in [-0.05, 0) is 26.7 Å². The van der Waals surface area contributed by atoms with E-state index in [9.17, 15) is 14.8 Å². The molecule has 4 rings (SSSR count). The van der Waals surface area contributed by atoms with Crippen molar-refractivity contribution in [3.63, 3.8) is 0 Å². The quantitative estimate of drug-likeness (QED) is 0.521. The average molecular weight is 427 g/mol. The van der Waals surface area contributed by atoms with Gasteiger partial charge in [0.05, 0.1) is 31.7 Å². The maximum Gasteiger partial charge on any atom is 0.356 e. The third-order valence-electron chi connectivity index (χ3n) is 5.72. The van der Waals surface area contributed by atoms with Gasteiger partial charge >= 0.3 is 7.60 Å². The van der Waals surface area contributed by atoms with Crippen molar-refractivity contribution in [2.75, 3.05) is 25.3 Å². The molecule has 4 atom stereocenters. The molecule has 0 unspecified atom stereocenters. The average Bonchev–Trinajstić information content (AvgIpc) is 3.29. The molecule has 2 fully saturated rings. The highest BCUT2D eigenvalue weighted by atomic mass is 31.2. The number of fused-ring (bicyclic) bond motifs is 1. The van der Waals surface area contributed by atoms with Gasteiger partial charge in [-0.2, -0.15) is 0 Å². The Balaban J connectivity index is 1.62. The number of nitrogen functional groups attached to an aromatic ring is 1. The van der Waals surface area contributed by atoms with Crippen LogP contribution in [0.4, 0.5) is 5.82 Å². The molecule has 11 nitrogen and oxygen atoms in total. The summed E-state index contributed by atoms with van der Waals surface area (Å²) in [6, 6.07) is -0.514. The molecule has 2 aromatic heterocycles. The number of aromatic nitrogens is 4. The van der Waals surface area contributed by atoms with E-state index >= 15 is 0 Å². The normalized spacial score (nSPS) is 28.4. The van der Waals surface area contributed by atoms with Crippen molar-refractivity contribution in [1.82, 2.24) is 19.5 Å². The van der Waals surface area contributed by atoms with Crippen LogP contribution in [-0.2, 0) is 18.3 Å². The van der Waals surface area contributed by atoms with Gasteiger partial charge in [0.1, 0.15) is 30.4 Å². The van der Waals surface area contributed by atoms with Crippen LogP contribution in [0.5, 0.6) is 0 Å². The zero-order valence-electron chi connectivity index (χ0n) is 16.3. The number of rotatable bonds is 8. The van der Waals surface area contributed by atoms with E-state index in [1.54, 1.807) is 24.7 Å². The molecule has 2 aliphatic carbocycles. The van der Waals surface area contributed by atoms with Crippen molar-refractivity contribution in [2.24, 2.45) is 5.41 Å². The van der Waals surface area contributed by atoms with E-state index in [1.165, 1.54) is 6.33 Å². The predicted octanol–water partition coefficient (Wildman–Crippen LogP) is 1.07. The molecule has 0 saturated heterocycles. The molecule has 2 saturated carbocycles. The molecule has 0 amide bonds. The molecule has 2 aliphatic rings. The zero-order valence-corrected chi connectivity index (χ0v) is 17.2. The molecule has 0 radical (unpaired) electrons. The molecule has 29 heavy (non-hydrogen) atoms. The van der Waals surface area contributed by atoms with Crippen molar-refractivity contribution in [3.05, 3.63) is 12.7 Å². The van der Waals surface area contributed by atoms with E-state index in [0.29, 0.717) is 11.2 Å². The minimum atomic E-state index is -3.44. The van der Waals surface area contributed by atoms with Crippen molar-refractivity contribution in [3.8, 4) is 0 Å². The first-order valence-electron chi connectivity index (χ1n) is 9.65. The second-order valence-corrected chi connectivity index (χ2v) is 9.40. The summed E-state index contributed by atoms with van der Waals surface area (Å²) in [5.74, 6) is 0.244. The Morgan fingerprint density at radius 2 is 1.90 bits per heavy atom. The number of nitrogens with two attached hydrogens (primary N) is 1. The number of imidazole rings is 1. The van der Waals surface area contributed by atoms with Gasteiger partial charge in [0.25, 0.3) is 0 Å². The van der Waals surface area contributed by atoms with E-state index in [4.69, 9.17) is 19.5 Å². The lowest BCUT2D eigenvalue weighted by Crippen LogP contribution is -2.34. The number of hydrogen-bond donors (Lipinski definition) is 3. The van der Waals surface area contributed by atoms with E-state index < -0.39 is 37.4 Å². The van der Waals surface area contributed by atoms with Crippen LogP contribution in [0.1, 0.15) is 32.7 Å². The largest absolute Gasteiger partial charge is 0.388 e. The van der Waals surface area contributed by atoms with Crippen molar-refractivity contribution < 1.29 is 28.6 Å². The van der Waals surface area contributed by atoms with Gasteiger partial charge in [-0.1, -0.05) is 0 Å². The molecule has 0 bridgehead atoms. The van der Waals surface area contributed by atoms with E-state index in [2.05, 4.69) is 15.0 Å². The topological polar surface area (TPSA) is 155 Å². The maximum absolute atomic E-state index is 12.8. The highest BCUT2D eigenvalue weighted by Gasteiger charge is 2.68. The first-order chi connectivity index (χ1) is 13.9. The Labute approximate surface area is 167 Å². The molecule has 2 aromatic rings. The summed E-state index contributed by atoms with van der Waals surface area (Å²) in [5, 5.41) is 21.6. The minimum absolute atomic E-state index is 0.215. The molecule has 0 aromatic carbocycles. The Kier molecular flexibility index (Phi) is 5.39. The summed E-state index contributed by atoms with van der Waals surface area (Å²) in [6.07, 6.45) is 1.02. The van der Waals surface area contributed by atoms with Crippen LogP contribution in [0.2, 0.25) is 0 Å². The number of hydrogen-bond acceptors (Lipinski definition) is 10. The highest BCUT2D eigenvalue weighted by molar-refractivity contribution is 7.53. The summed E-state index contributed by atoms with van der Waals surface area (Å²) in [7, 11) is -3.44. The third kappa shape index (κ3) is 3.35. The Morgan fingerprint density at radius 3 is 2.52 bits per heavy atom. The zero-order chi connectivity index (χ0) is 20.8. The van der Waals surface area contributed by atoms with Crippen LogP contribution in [0.15, 0.2) is 12.7 Å². The SMILES string of the molecule is CCOP(=O)(CO[C@@H]1[C@@H](O)[C@@H](O)[C@H](n2cnc3c(N)ncnc32)C12CC2)OCC. The van der Waals surface area contributed by atoms with Gasteiger partial charge < -0.3 is 34.3 Å². The molecule has 160 valence electrons. The Morgan fingerprint density at radius 1 is 1.21 bits per heavy atom. The number of anilines is 1. The first kappa shape index (κ1) is 20.6. The summed E-state index contributed by atoms with van der Waals surface area (Å²) >= 11 is 0. The molecular weight excluding hydrogens is 401 g/mol. The molecule has 0 aliphatic heterocycles. The summed E-state index contributed by atoms with van der Waals surface area (Å²) in [4.78, 5) is 12.5. The van der Waals surface area contributed by atoms with Gasteiger partial charge in [0.15, 0.2) is 11.5 Å². The number of aliphatic hydroxyl groups is 2. The monoisotopic (exact) mass is 427 g/mol. The van der Waals surface area contributed by atoms with Crippen molar-refractivity contribution in [2.45, 2.75) is 51.0 Å². The number of nitrogens with zero attached hydrogens (tertiary/aromatic N) is 4. The highest BCUT2D eigenvalue weighted by Crippen LogP contribution is 2.65. The number of ether oxygens (including phenoxy) is 1. The van der Waals surface area contributed by atoms with E-state index in [-0.39, 0.29) is 25.4 Å². The van der Waals surface area contributed by atoms with Crippen LogP contribution in [0, 0.1) is 5.41 Å². The smallest absolute Gasteiger partial charge is 0.356 e. The second-order valence-electron chi connectivity index (χ2n) is 7.40. The fourth-order valence-corrected chi connectivity index (χ4v) is 5.75. The lowest BCUT2D eigenvalue weighted by atomic mass is 9.97. The summed E-state index contributed by atoms with van der Waals surface area (Å²) in [5.41, 5.74) is 6.26. The lowest BCUT2D eigenvalue weighted by molar-refractivity contribution is -0.0607. The van der Waals surface area contributed by atoms with Crippen LogP contribution in [-0.4, -0.2) is 67.6 Å². The van der Waals surface area contributed by atoms with Crippen LogP contribution in [0.25, 0.3) is 11.2 Å². The molecular formula is C17H26N5O6P. The summed E-state index contributed by atoms with van der Waals surface area (Å²) < 4.78 is 30.9. The minimum Gasteiger partial charge on any atom is -0.388 e. The first-order valence-corrected chi connectivity index (χ1v) is 11.4. The van der Waals surface area contributed by atoms with Gasteiger partial charge in [-0.25, -0.2) is 15.0 Å². The number of aliphatic hydroxyl groups excluding tert-OH is 2. The maximum atomic E-state index is 12.8. The molecule has 2 heterocycles. The fraction of sp³-hybridized carbons (Fsp3) is 0.706. The van der Waals surface area contributed by atoms with Crippen LogP contribution in [0.3, 0.4) is 0 Å². The van der Waals surface area contributed by atoms with Crippen LogP contribution >= 0.6 is 7.60 Å². The Hall–Kier alpha value is -1.62. The van der Waals surface area contributed by atoms with E-state index in [1.807, 2.05) is 0 Å². The standard InChI is InChI=1S/C17H26N5O6P/c1-3-27-29(25,28-4-2)9-26-14-12(24)11(23)13(17(14)5-6-17)22-8-21-10-15(18)19-7-20-16(10)22/h7-8,11-14,23-24H,3-6,9H2,1-2H3,(H2,18,19,20)/t11-,12+,13+,14-/m1/s1. The van der Waals surface area contributed by atoms with Gasteiger partial charge in [-0.15, -0.1) is 0 Å².